The third-order valence-corrected chi connectivity index (χ3v) is 2.48. The Labute approximate surface area is 95.8 Å². The summed E-state index contributed by atoms with van der Waals surface area (Å²) >= 11 is 1.57. The predicted octanol–water partition coefficient (Wildman–Crippen LogP) is 1.81. The van der Waals surface area contributed by atoms with Gasteiger partial charge in [0.1, 0.15) is 5.76 Å². The van der Waals surface area contributed by atoms with Crippen LogP contribution in [-0.4, -0.2) is 17.3 Å². The van der Waals surface area contributed by atoms with E-state index in [1.165, 1.54) is 0 Å². The average molecular weight is 235 g/mol. The molecule has 2 aromatic heterocycles. The number of hydrazone groups is 1. The largest absolute Gasteiger partial charge is 0.361 e. The standard InChI is InChI=1S/C10H9N3O2S/c1-7-4-9(13-15-7)10(14)12-11-5-8-2-3-16-6-8/h2-6H,1H3,(H,12,14). The van der Waals surface area contributed by atoms with Gasteiger partial charge in [-0.15, -0.1) is 0 Å². The van der Waals surface area contributed by atoms with Gasteiger partial charge in [-0.1, -0.05) is 5.16 Å². The molecule has 0 saturated carbocycles. The molecule has 0 aliphatic rings. The third-order valence-electron chi connectivity index (χ3n) is 1.78. The van der Waals surface area contributed by atoms with Gasteiger partial charge in [-0.2, -0.15) is 16.4 Å². The second-order valence-corrected chi connectivity index (χ2v) is 3.86. The van der Waals surface area contributed by atoms with E-state index in [9.17, 15) is 4.79 Å². The lowest BCUT2D eigenvalue weighted by Gasteiger charge is -1.92. The highest BCUT2D eigenvalue weighted by molar-refractivity contribution is 7.08. The average Bonchev–Trinajstić information content (AvgIpc) is 2.89. The lowest BCUT2D eigenvalue weighted by Crippen LogP contribution is -2.17. The number of nitrogens with zero attached hydrogens (tertiary/aromatic N) is 2. The fourth-order valence-electron chi connectivity index (χ4n) is 1.04. The lowest BCUT2D eigenvalue weighted by atomic mass is 10.4. The van der Waals surface area contributed by atoms with E-state index in [0.717, 1.165) is 5.56 Å². The van der Waals surface area contributed by atoms with Crippen molar-refractivity contribution in [1.29, 1.82) is 0 Å². The van der Waals surface area contributed by atoms with Crippen LogP contribution >= 0.6 is 11.3 Å². The Balaban J connectivity index is 1.94. The molecule has 0 atom stereocenters. The molecule has 0 bridgehead atoms. The van der Waals surface area contributed by atoms with E-state index < -0.39 is 0 Å². The highest BCUT2D eigenvalue weighted by Crippen LogP contribution is 2.03. The minimum atomic E-state index is -0.386. The summed E-state index contributed by atoms with van der Waals surface area (Å²) in [5, 5.41) is 11.2. The number of rotatable bonds is 3. The molecule has 6 heteroatoms. The quantitative estimate of drug-likeness (QED) is 0.651. The van der Waals surface area contributed by atoms with Crippen LogP contribution in [0.25, 0.3) is 0 Å². The van der Waals surface area contributed by atoms with Crippen molar-refractivity contribution in [1.82, 2.24) is 10.6 Å². The fourth-order valence-corrected chi connectivity index (χ4v) is 1.66. The minimum Gasteiger partial charge on any atom is -0.361 e. The summed E-state index contributed by atoms with van der Waals surface area (Å²) in [6.45, 7) is 1.72. The Hall–Kier alpha value is -1.95. The van der Waals surface area contributed by atoms with Gasteiger partial charge in [0.05, 0.1) is 6.21 Å². The predicted molar refractivity (Wildman–Crippen MR) is 60.6 cm³/mol. The molecule has 0 radical (unpaired) electrons. The van der Waals surface area contributed by atoms with Crippen molar-refractivity contribution >= 4 is 23.5 Å². The van der Waals surface area contributed by atoms with E-state index in [0.29, 0.717) is 5.76 Å². The van der Waals surface area contributed by atoms with Crippen LogP contribution in [0.2, 0.25) is 0 Å². The molecular weight excluding hydrogens is 226 g/mol. The van der Waals surface area contributed by atoms with Crippen molar-refractivity contribution in [3.63, 3.8) is 0 Å². The van der Waals surface area contributed by atoms with Crippen molar-refractivity contribution in [2.45, 2.75) is 6.92 Å². The van der Waals surface area contributed by atoms with Gasteiger partial charge in [-0.25, -0.2) is 5.43 Å². The Kier molecular flexibility index (Phi) is 3.11. The second-order valence-electron chi connectivity index (χ2n) is 3.08. The zero-order chi connectivity index (χ0) is 11.4. The first-order chi connectivity index (χ1) is 7.75. The van der Waals surface area contributed by atoms with E-state index in [4.69, 9.17) is 4.52 Å². The number of hydrogen-bond acceptors (Lipinski definition) is 5. The van der Waals surface area contributed by atoms with Crippen molar-refractivity contribution in [2.75, 3.05) is 0 Å². The maximum Gasteiger partial charge on any atom is 0.293 e. The van der Waals surface area contributed by atoms with Crippen LogP contribution in [-0.2, 0) is 0 Å². The van der Waals surface area contributed by atoms with Crippen LogP contribution in [0, 0.1) is 6.92 Å². The molecule has 2 aromatic rings. The summed E-state index contributed by atoms with van der Waals surface area (Å²) in [6, 6.07) is 3.45. The number of thiophene rings is 1. The number of hydrogen-bond donors (Lipinski definition) is 1. The lowest BCUT2D eigenvalue weighted by molar-refractivity contribution is 0.0946. The van der Waals surface area contributed by atoms with Gasteiger partial charge in [-0.05, 0) is 23.8 Å². The Bertz CT molecular complexity index is 502. The number of carbonyl (C=O) groups excluding carboxylic acids is 1. The topological polar surface area (TPSA) is 67.5 Å². The Morgan fingerprint density at radius 1 is 1.69 bits per heavy atom. The maximum atomic E-state index is 11.4. The molecule has 2 rings (SSSR count). The molecule has 82 valence electrons. The molecule has 16 heavy (non-hydrogen) atoms. The summed E-state index contributed by atoms with van der Waals surface area (Å²) in [4.78, 5) is 11.4. The smallest absolute Gasteiger partial charge is 0.293 e. The zero-order valence-electron chi connectivity index (χ0n) is 8.51. The summed E-state index contributed by atoms with van der Waals surface area (Å²) < 4.78 is 4.78. The molecule has 0 aromatic carbocycles. The van der Waals surface area contributed by atoms with Crippen LogP contribution < -0.4 is 5.43 Å². The Morgan fingerprint density at radius 2 is 2.56 bits per heavy atom. The van der Waals surface area contributed by atoms with Gasteiger partial charge in [-0.3, -0.25) is 4.79 Å². The van der Waals surface area contributed by atoms with Crippen molar-refractivity contribution in [2.24, 2.45) is 5.10 Å². The third kappa shape index (κ3) is 2.54. The van der Waals surface area contributed by atoms with Crippen molar-refractivity contribution < 1.29 is 9.32 Å². The molecule has 0 aliphatic carbocycles. The van der Waals surface area contributed by atoms with E-state index in [-0.39, 0.29) is 11.6 Å². The van der Waals surface area contributed by atoms with Crippen molar-refractivity contribution in [3.05, 3.63) is 39.9 Å². The van der Waals surface area contributed by atoms with Gasteiger partial charge < -0.3 is 4.52 Å². The van der Waals surface area contributed by atoms with Crippen LogP contribution in [0.4, 0.5) is 0 Å². The normalized spacial score (nSPS) is 10.8. The van der Waals surface area contributed by atoms with Crippen LogP contribution in [0.3, 0.4) is 0 Å². The first kappa shape index (κ1) is 10.6. The molecule has 5 nitrogen and oxygen atoms in total. The first-order valence-electron chi connectivity index (χ1n) is 4.54. The van der Waals surface area contributed by atoms with Gasteiger partial charge >= 0.3 is 0 Å². The zero-order valence-corrected chi connectivity index (χ0v) is 9.32. The highest BCUT2D eigenvalue weighted by atomic mass is 32.1. The summed E-state index contributed by atoms with van der Waals surface area (Å²) in [6.07, 6.45) is 1.57. The monoisotopic (exact) mass is 235 g/mol. The molecule has 0 saturated heterocycles. The molecule has 0 fully saturated rings. The number of amides is 1. The van der Waals surface area contributed by atoms with E-state index in [1.807, 2.05) is 16.8 Å². The van der Waals surface area contributed by atoms with E-state index >= 15 is 0 Å². The van der Waals surface area contributed by atoms with Gasteiger partial charge in [0.25, 0.3) is 5.91 Å². The molecular formula is C10H9N3O2S. The minimum absolute atomic E-state index is 0.222. The van der Waals surface area contributed by atoms with Crippen molar-refractivity contribution in [3.8, 4) is 0 Å². The molecule has 1 amide bonds. The van der Waals surface area contributed by atoms with Crippen LogP contribution in [0.5, 0.6) is 0 Å². The second kappa shape index (κ2) is 4.71. The number of aryl methyl sites for hydroxylation is 1. The maximum absolute atomic E-state index is 11.4. The van der Waals surface area contributed by atoms with Crippen LogP contribution in [0.15, 0.2) is 32.5 Å². The highest BCUT2D eigenvalue weighted by Gasteiger charge is 2.08. The SMILES string of the molecule is Cc1cc(C(=O)NN=Cc2ccsc2)no1. The number of carbonyl (C=O) groups is 1. The summed E-state index contributed by atoms with van der Waals surface area (Å²) in [5.41, 5.74) is 3.53. The number of aromatic nitrogens is 1. The number of nitrogens with one attached hydrogen (secondary N) is 1. The fraction of sp³-hybridized carbons (Fsp3) is 0.100. The molecule has 1 N–H and O–H groups in total. The molecule has 2 heterocycles. The van der Waals surface area contributed by atoms with Crippen LogP contribution in [0.1, 0.15) is 21.8 Å². The molecule has 0 aliphatic heterocycles. The summed E-state index contributed by atoms with van der Waals surface area (Å²) in [5.74, 6) is 0.204. The molecule has 0 unspecified atom stereocenters. The first-order valence-corrected chi connectivity index (χ1v) is 5.49. The Morgan fingerprint density at radius 3 is 3.19 bits per heavy atom. The van der Waals surface area contributed by atoms with Gasteiger partial charge in [0.2, 0.25) is 0 Å². The van der Waals surface area contributed by atoms with Gasteiger partial charge in [0, 0.05) is 11.6 Å². The van der Waals surface area contributed by atoms with E-state index in [2.05, 4.69) is 15.7 Å². The summed E-state index contributed by atoms with van der Waals surface area (Å²) in [7, 11) is 0. The van der Waals surface area contributed by atoms with Gasteiger partial charge in [0.15, 0.2) is 5.69 Å². The molecule has 0 spiro atoms. The van der Waals surface area contributed by atoms with E-state index in [1.54, 1.807) is 30.5 Å².